The molecule has 0 aliphatic rings. The van der Waals surface area contributed by atoms with Gasteiger partial charge in [0.1, 0.15) is 23.4 Å². The monoisotopic (exact) mass is 379 g/mol. The predicted octanol–water partition coefficient (Wildman–Crippen LogP) is 4.35. The Kier molecular flexibility index (Phi) is 4.58. The number of aliphatic hydroxyl groups is 1. The van der Waals surface area contributed by atoms with Crippen molar-refractivity contribution in [3.63, 3.8) is 0 Å². The lowest BCUT2D eigenvalue weighted by atomic mass is 9.94. The fourth-order valence-corrected chi connectivity index (χ4v) is 3.05. The number of aliphatic hydroxyl groups excluding tert-OH is 1. The Balaban J connectivity index is 1.96. The Morgan fingerprint density at radius 2 is 1.86 bits per heavy atom. The molecule has 7 heteroatoms. The summed E-state index contributed by atoms with van der Waals surface area (Å²) in [4.78, 5) is 4.00. The number of rotatable bonds is 4. The topological polar surface area (TPSA) is 85.2 Å². The van der Waals surface area contributed by atoms with Gasteiger partial charge in [0.05, 0.1) is 5.56 Å². The number of anilines is 1. The second-order valence-electron chi connectivity index (χ2n) is 6.22. The molecule has 2 aromatic heterocycles. The molecule has 1 atom stereocenters. The molecule has 0 bridgehead atoms. The van der Waals surface area contributed by atoms with Gasteiger partial charge in [-0.1, -0.05) is 23.4 Å². The zero-order valence-electron chi connectivity index (χ0n) is 14.5. The molecule has 0 amide bonds. The van der Waals surface area contributed by atoms with Crippen LogP contribution in [0.25, 0.3) is 22.6 Å². The van der Waals surface area contributed by atoms with Crippen LogP contribution >= 0.6 is 0 Å². The highest BCUT2D eigenvalue weighted by Crippen LogP contribution is 2.40. The number of nitrogens with zero attached hydrogens (tertiary/aromatic N) is 2. The van der Waals surface area contributed by atoms with E-state index in [1.165, 1.54) is 30.5 Å². The molecule has 0 aliphatic heterocycles. The van der Waals surface area contributed by atoms with Crippen molar-refractivity contribution in [3.8, 4) is 22.6 Å². The molecule has 5 nitrogen and oxygen atoms in total. The fourth-order valence-electron chi connectivity index (χ4n) is 3.05. The summed E-state index contributed by atoms with van der Waals surface area (Å²) in [7, 11) is 0. The largest absolute Gasteiger partial charge is 0.399 e. The van der Waals surface area contributed by atoms with Crippen LogP contribution in [-0.2, 0) is 0 Å². The van der Waals surface area contributed by atoms with E-state index in [0.717, 1.165) is 6.07 Å². The van der Waals surface area contributed by atoms with E-state index < -0.39 is 17.7 Å². The lowest BCUT2D eigenvalue weighted by Gasteiger charge is -2.13. The molecule has 0 saturated carbocycles. The van der Waals surface area contributed by atoms with E-state index in [1.54, 1.807) is 30.5 Å². The molecule has 0 fully saturated rings. The molecule has 140 valence electrons. The highest BCUT2D eigenvalue weighted by Gasteiger charge is 2.28. The number of halogens is 2. The van der Waals surface area contributed by atoms with E-state index >= 15 is 0 Å². The summed E-state index contributed by atoms with van der Waals surface area (Å²) in [6.45, 7) is 0. The van der Waals surface area contributed by atoms with Crippen LogP contribution in [0.2, 0.25) is 0 Å². The zero-order chi connectivity index (χ0) is 19.7. The number of benzene rings is 2. The molecular weight excluding hydrogens is 364 g/mol. The lowest BCUT2D eigenvalue weighted by Crippen LogP contribution is -2.03. The summed E-state index contributed by atoms with van der Waals surface area (Å²) in [5.41, 5.74) is 7.13. The van der Waals surface area contributed by atoms with Gasteiger partial charge in [-0.2, -0.15) is 0 Å². The Hall–Kier alpha value is -3.58. The van der Waals surface area contributed by atoms with Crippen molar-refractivity contribution >= 4 is 5.69 Å². The predicted molar refractivity (Wildman–Crippen MR) is 100 cm³/mol. The summed E-state index contributed by atoms with van der Waals surface area (Å²) in [6.07, 6.45) is 1.82. The third-order valence-corrected chi connectivity index (χ3v) is 4.31. The van der Waals surface area contributed by atoms with Gasteiger partial charge in [0.25, 0.3) is 0 Å². The molecule has 0 radical (unpaired) electrons. The Bertz CT molecular complexity index is 1110. The normalized spacial score (nSPS) is 12.1. The van der Waals surface area contributed by atoms with E-state index in [-0.39, 0.29) is 33.8 Å². The summed E-state index contributed by atoms with van der Waals surface area (Å²) < 4.78 is 33.7. The van der Waals surface area contributed by atoms with Gasteiger partial charge in [-0.05, 0) is 36.4 Å². The van der Waals surface area contributed by atoms with Crippen LogP contribution in [-0.4, -0.2) is 15.2 Å². The van der Waals surface area contributed by atoms with Crippen LogP contribution in [0.4, 0.5) is 14.5 Å². The van der Waals surface area contributed by atoms with Crippen molar-refractivity contribution in [1.29, 1.82) is 0 Å². The van der Waals surface area contributed by atoms with Crippen molar-refractivity contribution < 1.29 is 18.4 Å². The van der Waals surface area contributed by atoms with E-state index in [1.807, 2.05) is 0 Å². The number of pyridine rings is 1. The maximum absolute atomic E-state index is 14.4. The maximum Gasteiger partial charge on any atom is 0.173 e. The van der Waals surface area contributed by atoms with E-state index in [4.69, 9.17) is 10.3 Å². The van der Waals surface area contributed by atoms with Gasteiger partial charge in [-0.25, -0.2) is 8.78 Å². The van der Waals surface area contributed by atoms with E-state index in [2.05, 4.69) is 10.1 Å². The van der Waals surface area contributed by atoms with Gasteiger partial charge >= 0.3 is 0 Å². The molecule has 1 unspecified atom stereocenters. The Morgan fingerprint density at radius 1 is 1.04 bits per heavy atom. The smallest absolute Gasteiger partial charge is 0.173 e. The highest BCUT2D eigenvalue weighted by atomic mass is 19.1. The van der Waals surface area contributed by atoms with E-state index in [0.29, 0.717) is 5.56 Å². The van der Waals surface area contributed by atoms with Crippen molar-refractivity contribution in [3.05, 3.63) is 89.8 Å². The minimum absolute atomic E-state index is 0.0980. The standard InChI is InChI=1S/C21H15F2N3O2/c22-14-8-13(9-15(24)10-14)21-18(20(27)12-4-3-7-25-11-12)19(26-28-21)16-5-1-2-6-17(16)23/h1-11,20,27H,24H2. The van der Waals surface area contributed by atoms with Gasteiger partial charge in [-0.3, -0.25) is 4.98 Å². The maximum atomic E-state index is 14.4. The van der Waals surface area contributed by atoms with Crippen LogP contribution in [0, 0.1) is 11.6 Å². The number of nitrogens with two attached hydrogens (primary N) is 1. The van der Waals surface area contributed by atoms with E-state index in [9.17, 15) is 13.9 Å². The van der Waals surface area contributed by atoms with Crippen molar-refractivity contribution in [2.24, 2.45) is 0 Å². The minimum atomic E-state index is -1.23. The molecule has 4 rings (SSSR count). The summed E-state index contributed by atoms with van der Waals surface area (Å²) >= 11 is 0. The number of nitrogen functional groups attached to an aromatic ring is 1. The van der Waals surface area contributed by atoms with Crippen molar-refractivity contribution in [1.82, 2.24) is 10.1 Å². The SMILES string of the molecule is Nc1cc(F)cc(-c2onc(-c3ccccc3F)c2C(O)c2cccnc2)c1. The molecule has 0 aliphatic carbocycles. The van der Waals surface area contributed by atoms with Crippen LogP contribution in [0.3, 0.4) is 0 Å². The first-order chi connectivity index (χ1) is 13.5. The number of aromatic nitrogens is 2. The van der Waals surface area contributed by atoms with Gasteiger partial charge in [0.15, 0.2) is 5.76 Å². The molecule has 3 N–H and O–H groups in total. The summed E-state index contributed by atoms with van der Waals surface area (Å²) in [5, 5.41) is 15.0. The van der Waals surface area contributed by atoms with Crippen molar-refractivity contribution in [2.45, 2.75) is 6.10 Å². The Labute approximate surface area is 159 Å². The molecule has 0 saturated heterocycles. The van der Waals surface area contributed by atoms with Gasteiger partial charge in [0.2, 0.25) is 0 Å². The third-order valence-electron chi connectivity index (χ3n) is 4.31. The number of hydrogen-bond acceptors (Lipinski definition) is 5. The molecular formula is C21H15F2N3O2. The van der Waals surface area contributed by atoms with Crippen LogP contribution in [0.15, 0.2) is 71.5 Å². The fraction of sp³-hybridized carbons (Fsp3) is 0.0476. The second kappa shape index (κ2) is 7.21. The first-order valence-corrected chi connectivity index (χ1v) is 8.43. The van der Waals surface area contributed by atoms with Crippen LogP contribution in [0.5, 0.6) is 0 Å². The summed E-state index contributed by atoms with van der Waals surface area (Å²) in [6, 6.07) is 13.2. The molecule has 2 aromatic carbocycles. The average molecular weight is 379 g/mol. The highest BCUT2D eigenvalue weighted by molar-refractivity contribution is 5.75. The van der Waals surface area contributed by atoms with Gasteiger partial charge < -0.3 is 15.4 Å². The first kappa shape index (κ1) is 17.8. The van der Waals surface area contributed by atoms with Crippen LogP contribution < -0.4 is 5.73 Å². The molecule has 4 aromatic rings. The number of hydrogen-bond donors (Lipinski definition) is 2. The third kappa shape index (κ3) is 3.23. The second-order valence-corrected chi connectivity index (χ2v) is 6.22. The summed E-state index contributed by atoms with van der Waals surface area (Å²) in [5.74, 6) is -0.998. The lowest BCUT2D eigenvalue weighted by molar-refractivity contribution is 0.220. The molecule has 28 heavy (non-hydrogen) atoms. The van der Waals surface area contributed by atoms with Gasteiger partial charge in [-0.15, -0.1) is 0 Å². The van der Waals surface area contributed by atoms with Crippen molar-refractivity contribution in [2.75, 3.05) is 5.73 Å². The molecule has 0 spiro atoms. The molecule has 2 heterocycles. The zero-order valence-corrected chi connectivity index (χ0v) is 14.5. The average Bonchev–Trinajstić information content (AvgIpc) is 3.12. The Morgan fingerprint density at radius 3 is 2.57 bits per heavy atom. The first-order valence-electron chi connectivity index (χ1n) is 8.43. The minimum Gasteiger partial charge on any atom is -0.399 e. The van der Waals surface area contributed by atoms with Gasteiger partial charge in [0, 0.05) is 34.8 Å². The van der Waals surface area contributed by atoms with Crippen LogP contribution in [0.1, 0.15) is 17.2 Å². The quantitative estimate of drug-likeness (QED) is 0.515.